The van der Waals surface area contributed by atoms with E-state index in [9.17, 15) is 14.7 Å². The van der Waals surface area contributed by atoms with Crippen molar-refractivity contribution in [2.45, 2.75) is 51.1 Å². The van der Waals surface area contributed by atoms with Crippen molar-refractivity contribution in [3.63, 3.8) is 0 Å². The fraction of sp³-hybridized carbons (Fsp3) is 0.643. The second-order valence-corrected chi connectivity index (χ2v) is 6.91. The molecule has 7 heteroatoms. The first-order valence-corrected chi connectivity index (χ1v) is 8.13. The maximum absolute atomic E-state index is 12.4. The number of fused-ring (bicyclic) bond motifs is 2. The van der Waals surface area contributed by atoms with Gasteiger partial charge in [0.05, 0.1) is 11.6 Å². The van der Waals surface area contributed by atoms with Gasteiger partial charge in [-0.05, 0) is 25.2 Å². The Kier molecular flexibility index (Phi) is 3.61. The van der Waals surface area contributed by atoms with Crippen LogP contribution in [0.3, 0.4) is 0 Å². The molecule has 3 rings (SSSR count). The van der Waals surface area contributed by atoms with Crippen molar-refractivity contribution < 1.29 is 14.7 Å². The van der Waals surface area contributed by atoms with Crippen LogP contribution in [0.5, 0.6) is 0 Å². The molecule has 0 spiro atoms. The van der Waals surface area contributed by atoms with Gasteiger partial charge >= 0.3 is 12.0 Å². The van der Waals surface area contributed by atoms with Crippen molar-refractivity contribution >= 4 is 28.5 Å². The van der Waals surface area contributed by atoms with Crippen LogP contribution < -0.4 is 5.32 Å². The number of nitrogens with zero attached hydrogens (tertiary/aromatic N) is 2. The molecule has 3 heterocycles. The maximum Gasteiger partial charge on any atom is 0.324 e. The maximum atomic E-state index is 12.4. The summed E-state index contributed by atoms with van der Waals surface area (Å²) in [7, 11) is 0. The highest BCUT2D eigenvalue weighted by molar-refractivity contribution is 7.13. The van der Waals surface area contributed by atoms with Gasteiger partial charge in [-0.25, -0.2) is 9.78 Å². The van der Waals surface area contributed by atoms with Crippen molar-refractivity contribution in [2.75, 3.05) is 5.32 Å². The van der Waals surface area contributed by atoms with Gasteiger partial charge < -0.3 is 10.0 Å². The number of rotatable bonds is 3. The molecule has 2 aliphatic rings. The zero-order chi connectivity index (χ0) is 15.1. The summed E-state index contributed by atoms with van der Waals surface area (Å²) in [6, 6.07) is -0.325. The monoisotopic (exact) mass is 309 g/mol. The summed E-state index contributed by atoms with van der Waals surface area (Å²) in [5.74, 6) is -0.889. The van der Waals surface area contributed by atoms with Crippen molar-refractivity contribution in [3.05, 3.63) is 11.1 Å². The zero-order valence-corrected chi connectivity index (χ0v) is 12.9. The van der Waals surface area contributed by atoms with Crippen LogP contribution in [0.1, 0.15) is 44.7 Å². The summed E-state index contributed by atoms with van der Waals surface area (Å²) < 4.78 is 0. The van der Waals surface area contributed by atoms with Gasteiger partial charge in [0.15, 0.2) is 5.13 Å². The molecule has 0 aliphatic carbocycles. The minimum absolute atomic E-state index is 0.0561. The number of carbonyl (C=O) groups is 2. The fourth-order valence-electron chi connectivity index (χ4n) is 3.34. The molecular formula is C14H19N3O3S. The van der Waals surface area contributed by atoms with Crippen molar-refractivity contribution in [1.29, 1.82) is 0 Å². The lowest BCUT2D eigenvalue weighted by molar-refractivity contribution is -0.142. The van der Waals surface area contributed by atoms with Crippen LogP contribution in [0.4, 0.5) is 9.93 Å². The summed E-state index contributed by atoms with van der Waals surface area (Å²) in [4.78, 5) is 29.7. The van der Waals surface area contributed by atoms with Crippen LogP contribution >= 0.6 is 11.3 Å². The van der Waals surface area contributed by atoms with Crippen LogP contribution in [0.15, 0.2) is 5.38 Å². The highest BCUT2D eigenvalue weighted by Crippen LogP contribution is 2.42. The molecule has 21 heavy (non-hydrogen) atoms. The molecule has 0 saturated carbocycles. The third-order valence-electron chi connectivity index (χ3n) is 4.42. The molecule has 3 unspecified atom stereocenters. The van der Waals surface area contributed by atoms with Crippen LogP contribution in [0.25, 0.3) is 0 Å². The van der Waals surface area contributed by atoms with Crippen molar-refractivity contribution in [2.24, 2.45) is 5.92 Å². The first kappa shape index (κ1) is 14.3. The molecule has 3 atom stereocenters. The van der Waals surface area contributed by atoms with E-state index < -0.39 is 11.9 Å². The molecule has 2 N–H and O–H groups in total. The van der Waals surface area contributed by atoms with Crippen LogP contribution in [0.2, 0.25) is 0 Å². The number of urea groups is 1. The molecule has 6 nitrogen and oxygen atoms in total. The predicted molar refractivity (Wildman–Crippen MR) is 79.6 cm³/mol. The van der Waals surface area contributed by atoms with Crippen LogP contribution in [-0.4, -0.2) is 39.1 Å². The summed E-state index contributed by atoms with van der Waals surface area (Å²) in [6.45, 7) is 4.11. The van der Waals surface area contributed by atoms with Gasteiger partial charge in [-0.1, -0.05) is 13.8 Å². The van der Waals surface area contributed by atoms with Gasteiger partial charge in [0.2, 0.25) is 0 Å². The average Bonchev–Trinajstić information content (AvgIpc) is 3.11. The third-order valence-corrected chi connectivity index (χ3v) is 5.19. The van der Waals surface area contributed by atoms with Crippen molar-refractivity contribution in [3.8, 4) is 0 Å². The van der Waals surface area contributed by atoms with Gasteiger partial charge in [-0.3, -0.25) is 10.1 Å². The van der Waals surface area contributed by atoms with E-state index in [-0.39, 0.29) is 18.1 Å². The molecule has 1 aromatic rings. The summed E-state index contributed by atoms with van der Waals surface area (Å²) in [5.41, 5.74) is 0.961. The largest absolute Gasteiger partial charge is 0.481 e. The number of hydrogen-bond donors (Lipinski definition) is 2. The van der Waals surface area contributed by atoms with E-state index in [2.05, 4.69) is 24.1 Å². The SMILES string of the molecule is CC(C)c1csc(NC(=O)N2C3CCC2C(C(=O)O)C3)n1. The molecule has 2 bridgehead atoms. The van der Waals surface area contributed by atoms with E-state index in [1.54, 1.807) is 4.90 Å². The van der Waals surface area contributed by atoms with E-state index in [0.29, 0.717) is 17.5 Å². The Morgan fingerprint density at radius 2 is 2.24 bits per heavy atom. The summed E-state index contributed by atoms with van der Waals surface area (Å²) in [5, 5.41) is 14.6. The Morgan fingerprint density at radius 1 is 1.48 bits per heavy atom. The smallest absolute Gasteiger partial charge is 0.324 e. The van der Waals surface area contributed by atoms with Gasteiger partial charge in [-0.2, -0.15) is 0 Å². The number of carboxylic acid groups (broad SMARTS) is 1. The molecule has 2 aliphatic heterocycles. The van der Waals surface area contributed by atoms with Crippen LogP contribution in [0, 0.1) is 5.92 Å². The molecule has 1 aromatic heterocycles. The molecular weight excluding hydrogens is 290 g/mol. The molecule has 2 saturated heterocycles. The predicted octanol–water partition coefficient (Wildman–Crippen LogP) is 2.74. The number of anilines is 1. The zero-order valence-electron chi connectivity index (χ0n) is 12.1. The molecule has 0 aromatic carbocycles. The molecule has 2 amide bonds. The Morgan fingerprint density at radius 3 is 2.81 bits per heavy atom. The van der Waals surface area contributed by atoms with E-state index in [1.165, 1.54) is 11.3 Å². The number of amides is 2. The number of carboxylic acids is 1. The van der Waals surface area contributed by atoms with Crippen molar-refractivity contribution in [1.82, 2.24) is 9.88 Å². The number of thiazole rings is 1. The first-order chi connectivity index (χ1) is 9.97. The second-order valence-electron chi connectivity index (χ2n) is 6.05. The van der Waals surface area contributed by atoms with E-state index >= 15 is 0 Å². The lowest BCUT2D eigenvalue weighted by Gasteiger charge is -2.22. The van der Waals surface area contributed by atoms with Crippen LogP contribution in [-0.2, 0) is 4.79 Å². The minimum atomic E-state index is -0.795. The van der Waals surface area contributed by atoms with Gasteiger partial charge in [0.1, 0.15) is 0 Å². The lowest BCUT2D eigenvalue weighted by atomic mass is 9.89. The minimum Gasteiger partial charge on any atom is -0.481 e. The number of aromatic nitrogens is 1. The topological polar surface area (TPSA) is 82.5 Å². The Hall–Kier alpha value is -1.63. The number of aliphatic carboxylic acids is 1. The van der Waals surface area contributed by atoms with Gasteiger partial charge in [-0.15, -0.1) is 11.3 Å². The second kappa shape index (κ2) is 5.29. The normalized spacial score (nSPS) is 27.4. The highest BCUT2D eigenvalue weighted by Gasteiger charge is 2.51. The number of nitrogens with one attached hydrogen (secondary N) is 1. The van der Waals surface area contributed by atoms with E-state index in [1.807, 2.05) is 5.38 Å². The Balaban J connectivity index is 1.70. The number of hydrogen-bond acceptors (Lipinski definition) is 4. The molecule has 0 radical (unpaired) electrons. The Labute approximate surface area is 127 Å². The number of carbonyl (C=O) groups excluding carboxylic acids is 1. The fourth-order valence-corrected chi connectivity index (χ4v) is 4.20. The van der Waals surface area contributed by atoms with Gasteiger partial charge in [0, 0.05) is 17.5 Å². The highest BCUT2D eigenvalue weighted by atomic mass is 32.1. The summed E-state index contributed by atoms with van der Waals surface area (Å²) >= 11 is 1.41. The quantitative estimate of drug-likeness (QED) is 0.899. The first-order valence-electron chi connectivity index (χ1n) is 7.25. The third kappa shape index (κ3) is 2.50. The summed E-state index contributed by atoms with van der Waals surface area (Å²) in [6.07, 6.45) is 2.25. The lowest BCUT2D eigenvalue weighted by Crippen LogP contribution is -2.40. The Bertz CT molecular complexity index is 572. The van der Waals surface area contributed by atoms with Gasteiger partial charge in [0.25, 0.3) is 0 Å². The molecule has 114 valence electrons. The molecule has 2 fully saturated rings. The van der Waals surface area contributed by atoms with E-state index in [0.717, 1.165) is 18.5 Å². The van der Waals surface area contributed by atoms with E-state index in [4.69, 9.17) is 0 Å². The average molecular weight is 309 g/mol. The standard InChI is InChI=1S/C14H19N3O3S/c1-7(2)10-6-21-13(15-10)16-14(20)17-8-3-4-11(17)9(5-8)12(18)19/h6-9,11H,3-5H2,1-2H3,(H,18,19)(H,15,16,20).